The van der Waals surface area contributed by atoms with E-state index >= 15 is 0 Å². The first-order valence-corrected chi connectivity index (χ1v) is 15.3. The maximum absolute atomic E-state index is 13.1. The van der Waals surface area contributed by atoms with Crippen molar-refractivity contribution in [1.29, 1.82) is 0 Å². The molecule has 3 aromatic rings. The van der Waals surface area contributed by atoms with Gasteiger partial charge in [0.05, 0.1) is 19.1 Å². The molecule has 2 aromatic heterocycles. The van der Waals surface area contributed by atoms with Crippen molar-refractivity contribution in [2.75, 3.05) is 13.2 Å². The maximum atomic E-state index is 13.1. The average Bonchev–Trinajstić information content (AvgIpc) is 3.64. The summed E-state index contributed by atoms with van der Waals surface area (Å²) in [5.74, 6) is 0. The molecule has 41 heavy (non-hydrogen) atoms. The Morgan fingerprint density at radius 2 is 1.51 bits per heavy atom. The third-order valence-electron chi connectivity index (χ3n) is 5.70. The third kappa shape index (κ3) is 13.1. The lowest BCUT2D eigenvalue weighted by molar-refractivity contribution is 0.0443. The molecule has 0 radical (unpaired) electrons. The van der Waals surface area contributed by atoms with Crippen molar-refractivity contribution in [3.63, 3.8) is 0 Å². The van der Waals surface area contributed by atoms with Gasteiger partial charge in [-0.2, -0.15) is 0 Å². The van der Waals surface area contributed by atoms with Gasteiger partial charge in [0, 0.05) is 16.3 Å². The molecular weight excluding hydrogens is 562 g/mol. The Balaban J connectivity index is 1.48. The van der Waals surface area contributed by atoms with Gasteiger partial charge in [0.1, 0.15) is 18.8 Å². The average molecular weight is 602 g/mol. The number of benzene rings is 1. The molecule has 1 aromatic carbocycles. The monoisotopic (exact) mass is 601 g/mol. The summed E-state index contributed by atoms with van der Waals surface area (Å²) in [5, 5.41) is 9.52. The lowest BCUT2D eigenvalue weighted by atomic mass is 10.1. The standard InChI is InChI=1S/C30H39N3O6S2/c1-30(2,3)39-28(35)32-24(13-7-8-16-31-27(34)37-21-23-11-5-4-6-12-23)22-38-29(36)33(19-25-14-9-17-40-25)20-26-15-10-18-41-26/h4-6,9-12,14-15,17-18,24H,7-8,13,16,19-22H2,1-3H3,(H,31,34)(H,32,35)/t24-/m0/s1. The number of nitrogens with one attached hydrogen (secondary N) is 2. The van der Waals surface area contributed by atoms with Crippen molar-refractivity contribution in [2.24, 2.45) is 0 Å². The molecule has 222 valence electrons. The zero-order chi connectivity index (χ0) is 29.5. The Labute approximate surface area is 249 Å². The SMILES string of the molecule is CC(C)(C)OC(=O)N[C@@H](CCCCNC(=O)OCc1ccccc1)COC(=O)N(Cc1cccs1)Cc1cccs1. The van der Waals surface area contributed by atoms with Crippen LogP contribution in [-0.4, -0.2) is 48.0 Å². The summed E-state index contributed by atoms with van der Waals surface area (Å²) in [4.78, 5) is 41.4. The van der Waals surface area contributed by atoms with E-state index in [1.165, 1.54) is 0 Å². The number of unbranched alkanes of at least 4 members (excludes halogenated alkanes) is 1. The fraction of sp³-hybridized carbons (Fsp3) is 0.433. The molecule has 2 heterocycles. The third-order valence-corrected chi connectivity index (χ3v) is 7.42. The normalized spacial score (nSPS) is 11.8. The molecule has 9 nitrogen and oxygen atoms in total. The quantitative estimate of drug-likeness (QED) is 0.153. The van der Waals surface area contributed by atoms with E-state index in [1.54, 1.807) is 48.3 Å². The van der Waals surface area contributed by atoms with Gasteiger partial charge < -0.3 is 24.8 Å². The van der Waals surface area contributed by atoms with Crippen LogP contribution >= 0.6 is 22.7 Å². The molecule has 3 amide bonds. The number of rotatable bonds is 14. The molecule has 0 spiro atoms. The summed E-state index contributed by atoms with van der Waals surface area (Å²) < 4.78 is 16.3. The Bertz CT molecular complexity index is 1140. The fourth-order valence-corrected chi connectivity index (χ4v) is 5.22. The molecular formula is C30H39N3O6S2. The number of carbonyl (C=O) groups is 3. The van der Waals surface area contributed by atoms with Crippen LogP contribution in [0.25, 0.3) is 0 Å². The van der Waals surface area contributed by atoms with Crippen LogP contribution < -0.4 is 10.6 Å². The van der Waals surface area contributed by atoms with Crippen LogP contribution in [-0.2, 0) is 33.9 Å². The Morgan fingerprint density at radius 3 is 2.10 bits per heavy atom. The lowest BCUT2D eigenvalue weighted by Gasteiger charge is -2.25. The zero-order valence-corrected chi connectivity index (χ0v) is 25.4. The molecule has 1 atom stereocenters. The maximum Gasteiger partial charge on any atom is 0.410 e. The number of hydrogen-bond acceptors (Lipinski definition) is 8. The predicted molar refractivity (Wildman–Crippen MR) is 161 cm³/mol. The van der Waals surface area contributed by atoms with E-state index in [9.17, 15) is 14.4 Å². The van der Waals surface area contributed by atoms with Crippen LogP contribution in [0, 0.1) is 0 Å². The highest BCUT2D eigenvalue weighted by Crippen LogP contribution is 2.18. The van der Waals surface area contributed by atoms with Crippen LogP contribution in [0.3, 0.4) is 0 Å². The largest absolute Gasteiger partial charge is 0.447 e. The number of amides is 3. The van der Waals surface area contributed by atoms with Gasteiger partial charge in [-0.15, -0.1) is 22.7 Å². The van der Waals surface area contributed by atoms with Crippen LogP contribution in [0.1, 0.15) is 55.4 Å². The minimum absolute atomic E-state index is 0.00397. The summed E-state index contributed by atoms with van der Waals surface area (Å²) in [6.07, 6.45) is 0.349. The molecule has 11 heteroatoms. The van der Waals surface area contributed by atoms with Crippen LogP contribution in [0.2, 0.25) is 0 Å². The first-order chi connectivity index (χ1) is 19.7. The van der Waals surface area contributed by atoms with Crippen LogP contribution in [0.4, 0.5) is 14.4 Å². The summed E-state index contributed by atoms with van der Waals surface area (Å²) >= 11 is 3.16. The molecule has 0 aliphatic heterocycles. The smallest absolute Gasteiger partial charge is 0.410 e. The Kier molecular flexibility index (Phi) is 13.0. The topological polar surface area (TPSA) is 106 Å². The zero-order valence-electron chi connectivity index (χ0n) is 23.8. The highest BCUT2D eigenvalue weighted by molar-refractivity contribution is 7.10. The van der Waals surface area contributed by atoms with Crippen molar-refractivity contribution in [3.05, 3.63) is 80.7 Å². The van der Waals surface area contributed by atoms with E-state index in [-0.39, 0.29) is 13.2 Å². The van der Waals surface area contributed by atoms with E-state index in [2.05, 4.69) is 10.6 Å². The number of hydrogen-bond donors (Lipinski definition) is 2. The minimum Gasteiger partial charge on any atom is -0.447 e. The van der Waals surface area contributed by atoms with Gasteiger partial charge in [0.15, 0.2) is 0 Å². The second-order valence-corrected chi connectivity index (χ2v) is 12.5. The predicted octanol–water partition coefficient (Wildman–Crippen LogP) is 6.94. The van der Waals surface area contributed by atoms with E-state index < -0.39 is 29.9 Å². The van der Waals surface area contributed by atoms with Crippen molar-refractivity contribution in [2.45, 2.75) is 71.4 Å². The molecule has 3 rings (SSSR count). The highest BCUT2D eigenvalue weighted by Gasteiger charge is 2.23. The van der Waals surface area contributed by atoms with E-state index in [4.69, 9.17) is 14.2 Å². The molecule has 0 aliphatic rings. The van der Waals surface area contributed by atoms with Crippen molar-refractivity contribution < 1.29 is 28.6 Å². The molecule has 0 unspecified atom stereocenters. The summed E-state index contributed by atoms with van der Waals surface area (Å²) in [6, 6.07) is 16.9. The lowest BCUT2D eigenvalue weighted by Crippen LogP contribution is -2.43. The molecule has 2 N–H and O–H groups in total. The number of alkyl carbamates (subject to hydrolysis) is 2. The van der Waals surface area contributed by atoms with Gasteiger partial charge in [-0.1, -0.05) is 42.5 Å². The van der Waals surface area contributed by atoms with Crippen molar-refractivity contribution >= 4 is 41.0 Å². The summed E-state index contributed by atoms with van der Waals surface area (Å²) in [5.41, 5.74) is 0.255. The summed E-state index contributed by atoms with van der Waals surface area (Å²) in [6.45, 7) is 6.86. The highest BCUT2D eigenvalue weighted by atomic mass is 32.1. The fourth-order valence-electron chi connectivity index (χ4n) is 3.78. The van der Waals surface area contributed by atoms with Crippen LogP contribution in [0.15, 0.2) is 65.4 Å². The van der Waals surface area contributed by atoms with E-state index in [0.29, 0.717) is 38.9 Å². The first-order valence-electron chi connectivity index (χ1n) is 13.6. The van der Waals surface area contributed by atoms with Gasteiger partial charge >= 0.3 is 18.3 Å². The molecule has 0 saturated carbocycles. The number of carbonyl (C=O) groups excluding carboxylic acids is 3. The second-order valence-electron chi connectivity index (χ2n) is 10.4. The van der Waals surface area contributed by atoms with E-state index in [0.717, 1.165) is 15.3 Å². The van der Waals surface area contributed by atoms with Crippen molar-refractivity contribution in [1.82, 2.24) is 15.5 Å². The molecule has 0 fully saturated rings. The van der Waals surface area contributed by atoms with Gasteiger partial charge in [0.2, 0.25) is 0 Å². The van der Waals surface area contributed by atoms with Gasteiger partial charge in [-0.05, 0) is 68.5 Å². The van der Waals surface area contributed by atoms with Crippen LogP contribution in [0.5, 0.6) is 0 Å². The van der Waals surface area contributed by atoms with Crippen molar-refractivity contribution in [3.8, 4) is 0 Å². The van der Waals surface area contributed by atoms with E-state index in [1.807, 2.05) is 65.4 Å². The molecule has 0 saturated heterocycles. The first kappa shape index (κ1) is 32.0. The Morgan fingerprint density at radius 1 is 0.854 bits per heavy atom. The number of thiophene rings is 2. The second kappa shape index (κ2) is 16.6. The summed E-state index contributed by atoms with van der Waals surface area (Å²) in [7, 11) is 0. The minimum atomic E-state index is -0.659. The molecule has 0 bridgehead atoms. The Hall–Kier alpha value is -3.57. The van der Waals surface area contributed by atoms with Gasteiger partial charge in [-0.25, -0.2) is 14.4 Å². The molecule has 0 aliphatic carbocycles. The van der Waals surface area contributed by atoms with Gasteiger partial charge in [-0.3, -0.25) is 4.90 Å². The van der Waals surface area contributed by atoms with Gasteiger partial charge in [0.25, 0.3) is 0 Å². The number of ether oxygens (including phenoxy) is 3. The number of nitrogens with zero attached hydrogens (tertiary/aromatic N) is 1.